The Bertz CT molecular complexity index is 584. The molecule has 2 aromatic rings. The van der Waals surface area contributed by atoms with Crippen LogP contribution in [0, 0.1) is 0 Å². The summed E-state index contributed by atoms with van der Waals surface area (Å²) in [5.41, 5.74) is 8.54. The molecule has 21 heavy (non-hydrogen) atoms. The third-order valence-electron chi connectivity index (χ3n) is 3.56. The summed E-state index contributed by atoms with van der Waals surface area (Å²) in [5, 5.41) is 0.795. The van der Waals surface area contributed by atoms with E-state index in [2.05, 4.69) is 46.1 Å². The third kappa shape index (κ3) is 4.30. The minimum atomic E-state index is 0.0265. The van der Waals surface area contributed by atoms with Crippen LogP contribution in [0.15, 0.2) is 53.0 Å². The Balaban J connectivity index is 2.22. The molecule has 112 valence electrons. The summed E-state index contributed by atoms with van der Waals surface area (Å²) in [6.45, 7) is 2.80. The fourth-order valence-electron chi connectivity index (χ4n) is 2.61. The molecule has 2 atom stereocenters. The number of benzene rings is 2. The summed E-state index contributed by atoms with van der Waals surface area (Å²) in [5.74, 6) is 0. The van der Waals surface area contributed by atoms with Gasteiger partial charge in [-0.3, -0.25) is 4.90 Å². The molecule has 2 unspecified atom stereocenters. The van der Waals surface area contributed by atoms with Crippen molar-refractivity contribution in [2.24, 2.45) is 5.73 Å². The average molecular weight is 368 g/mol. The van der Waals surface area contributed by atoms with Crippen LogP contribution >= 0.6 is 27.5 Å². The quantitative estimate of drug-likeness (QED) is 0.835. The normalized spacial score (nSPS) is 14.2. The number of hydrogen-bond donors (Lipinski definition) is 1. The van der Waals surface area contributed by atoms with Gasteiger partial charge in [-0.2, -0.15) is 0 Å². The zero-order valence-electron chi connectivity index (χ0n) is 12.3. The van der Waals surface area contributed by atoms with Crippen LogP contribution in [0.4, 0.5) is 0 Å². The Morgan fingerprint density at radius 1 is 1.14 bits per heavy atom. The molecule has 4 heteroatoms. The van der Waals surface area contributed by atoms with Gasteiger partial charge >= 0.3 is 0 Å². The second-order valence-corrected chi connectivity index (χ2v) is 6.68. The first-order chi connectivity index (χ1) is 9.99. The SMILES string of the molecule is CC(N)C(c1ccc(Br)cc1)N(C)Cc1ccccc1Cl. The van der Waals surface area contributed by atoms with Crippen molar-refractivity contribution in [3.05, 3.63) is 69.2 Å². The Hall–Kier alpha value is -0.870. The lowest BCUT2D eigenvalue weighted by atomic mass is 9.99. The molecule has 0 amide bonds. The molecular formula is C17H20BrClN2. The van der Waals surface area contributed by atoms with E-state index in [1.54, 1.807) is 0 Å². The highest BCUT2D eigenvalue weighted by Gasteiger charge is 2.21. The first kappa shape index (κ1) is 16.5. The Morgan fingerprint density at radius 2 is 1.76 bits per heavy atom. The molecule has 0 fully saturated rings. The number of nitrogens with zero attached hydrogens (tertiary/aromatic N) is 1. The maximum atomic E-state index is 6.26. The van der Waals surface area contributed by atoms with Crippen molar-refractivity contribution in [2.75, 3.05) is 7.05 Å². The van der Waals surface area contributed by atoms with Gasteiger partial charge in [-0.15, -0.1) is 0 Å². The molecule has 2 N–H and O–H groups in total. The topological polar surface area (TPSA) is 29.3 Å². The van der Waals surface area contributed by atoms with Crippen molar-refractivity contribution in [1.82, 2.24) is 4.90 Å². The van der Waals surface area contributed by atoms with E-state index in [0.29, 0.717) is 0 Å². The minimum absolute atomic E-state index is 0.0265. The Labute approximate surface area is 140 Å². The van der Waals surface area contributed by atoms with Crippen molar-refractivity contribution in [1.29, 1.82) is 0 Å². The van der Waals surface area contributed by atoms with Crippen LogP contribution in [0.5, 0.6) is 0 Å². The molecule has 0 spiro atoms. The summed E-state index contributed by atoms with van der Waals surface area (Å²) in [7, 11) is 2.08. The number of nitrogens with two attached hydrogens (primary N) is 1. The molecule has 0 aliphatic rings. The Morgan fingerprint density at radius 3 is 2.33 bits per heavy atom. The molecule has 2 nitrogen and oxygen atoms in total. The van der Waals surface area contributed by atoms with Crippen molar-refractivity contribution in [2.45, 2.75) is 25.6 Å². The van der Waals surface area contributed by atoms with Crippen molar-refractivity contribution >= 4 is 27.5 Å². The zero-order valence-corrected chi connectivity index (χ0v) is 14.6. The van der Waals surface area contributed by atoms with Gasteiger partial charge in [0.05, 0.1) is 0 Å². The number of hydrogen-bond acceptors (Lipinski definition) is 2. The van der Waals surface area contributed by atoms with Crippen LogP contribution in [0.1, 0.15) is 24.1 Å². The summed E-state index contributed by atoms with van der Waals surface area (Å²) < 4.78 is 1.07. The van der Waals surface area contributed by atoms with Crippen LogP contribution in [0.2, 0.25) is 5.02 Å². The lowest BCUT2D eigenvalue weighted by Crippen LogP contribution is -2.37. The second-order valence-electron chi connectivity index (χ2n) is 5.36. The standard InChI is InChI=1S/C17H20BrClN2/c1-12(20)17(13-7-9-15(18)10-8-13)21(2)11-14-5-3-4-6-16(14)19/h3-10,12,17H,11,20H2,1-2H3. The van der Waals surface area contributed by atoms with E-state index in [1.807, 2.05) is 37.3 Å². The summed E-state index contributed by atoms with van der Waals surface area (Å²) in [6, 6.07) is 16.4. The molecule has 0 aliphatic heterocycles. The van der Waals surface area contributed by atoms with E-state index in [4.69, 9.17) is 17.3 Å². The zero-order chi connectivity index (χ0) is 15.4. The molecule has 0 radical (unpaired) electrons. The van der Waals surface area contributed by atoms with Crippen LogP contribution < -0.4 is 5.73 Å². The van der Waals surface area contributed by atoms with E-state index < -0.39 is 0 Å². The third-order valence-corrected chi connectivity index (χ3v) is 4.46. The van der Waals surface area contributed by atoms with Crippen molar-refractivity contribution in [3.63, 3.8) is 0 Å². The smallest absolute Gasteiger partial charge is 0.0496 e. The van der Waals surface area contributed by atoms with Gasteiger partial charge in [0.15, 0.2) is 0 Å². The van der Waals surface area contributed by atoms with Gasteiger partial charge in [-0.25, -0.2) is 0 Å². The molecule has 0 bridgehead atoms. The highest BCUT2D eigenvalue weighted by molar-refractivity contribution is 9.10. The molecule has 0 aliphatic carbocycles. The molecular weight excluding hydrogens is 348 g/mol. The van der Waals surface area contributed by atoms with Crippen LogP contribution in [0.3, 0.4) is 0 Å². The minimum Gasteiger partial charge on any atom is -0.326 e. The van der Waals surface area contributed by atoms with Crippen molar-refractivity contribution in [3.8, 4) is 0 Å². The fraction of sp³-hybridized carbons (Fsp3) is 0.294. The maximum Gasteiger partial charge on any atom is 0.0496 e. The number of rotatable bonds is 5. The average Bonchev–Trinajstić information content (AvgIpc) is 2.43. The second kappa shape index (κ2) is 7.41. The fourth-order valence-corrected chi connectivity index (χ4v) is 3.07. The van der Waals surface area contributed by atoms with E-state index >= 15 is 0 Å². The highest BCUT2D eigenvalue weighted by atomic mass is 79.9. The van der Waals surface area contributed by atoms with Gasteiger partial charge in [0, 0.05) is 28.1 Å². The first-order valence-corrected chi connectivity index (χ1v) is 8.11. The molecule has 2 aromatic carbocycles. The summed E-state index contributed by atoms with van der Waals surface area (Å²) in [4.78, 5) is 2.25. The lowest BCUT2D eigenvalue weighted by molar-refractivity contribution is 0.211. The van der Waals surface area contributed by atoms with E-state index in [1.165, 1.54) is 5.56 Å². The largest absolute Gasteiger partial charge is 0.326 e. The van der Waals surface area contributed by atoms with E-state index in [-0.39, 0.29) is 12.1 Å². The monoisotopic (exact) mass is 366 g/mol. The van der Waals surface area contributed by atoms with Crippen LogP contribution in [0.25, 0.3) is 0 Å². The van der Waals surface area contributed by atoms with E-state index in [9.17, 15) is 0 Å². The van der Waals surface area contributed by atoms with Crippen molar-refractivity contribution < 1.29 is 0 Å². The molecule has 2 rings (SSSR count). The first-order valence-electron chi connectivity index (χ1n) is 6.93. The van der Waals surface area contributed by atoms with Gasteiger partial charge < -0.3 is 5.73 Å². The van der Waals surface area contributed by atoms with E-state index in [0.717, 1.165) is 21.6 Å². The highest BCUT2D eigenvalue weighted by Crippen LogP contribution is 2.27. The van der Waals surface area contributed by atoms with Gasteiger partial charge in [0.2, 0.25) is 0 Å². The predicted octanol–water partition coefficient (Wildman–Crippen LogP) is 4.62. The van der Waals surface area contributed by atoms with Gasteiger partial charge in [0.1, 0.15) is 0 Å². The van der Waals surface area contributed by atoms with Gasteiger partial charge in [0.25, 0.3) is 0 Å². The van der Waals surface area contributed by atoms with Gasteiger partial charge in [-0.1, -0.05) is 57.9 Å². The summed E-state index contributed by atoms with van der Waals surface area (Å²) in [6.07, 6.45) is 0. The lowest BCUT2D eigenvalue weighted by Gasteiger charge is -2.32. The van der Waals surface area contributed by atoms with Crippen LogP contribution in [-0.2, 0) is 6.54 Å². The Kier molecular flexibility index (Phi) is 5.82. The molecule has 0 saturated carbocycles. The molecule has 0 heterocycles. The number of likely N-dealkylation sites (N-methyl/N-ethyl adjacent to an activating group) is 1. The maximum absolute atomic E-state index is 6.26. The van der Waals surface area contributed by atoms with Crippen LogP contribution in [-0.4, -0.2) is 18.0 Å². The van der Waals surface area contributed by atoms with Gasteiger partial charge in [-0.05, 0) is 43.3 Å². The number of halogens is 2. The molecule has 0 saturated heterocycles. The summed E-state index contributed by atoms with van der Waals surface area (Å²) >= 11 is 9.72. The predicted molar refractivity (Wildman–Crippen MR) is 93.5 cm³/mol. The molecule has 0 aromatic heterocycles.